The lowest BCUT2D eigenvalue weighted by molar-refractivity contribution is 0.0988. The molecule has 0 saturated carbocycles. The van der Waals surface area contributed by atoms with Gasteiger partial charge in [-0.1, -0.05) is 30.4 Å². The van der Waals surface area contributed by atoms with Crippen molar-refractivity contribution in [2.45, 2.75) is 32.2 Å². The maximum absolute atomic E-state index is 13.5. The molecule has 2 aliphatic heterocycles. The van der Waals surface area contributed by atoms with Crippen LogP contribution >= 0.6 is 11.3 Å². The van der Waals surface area contributed by atoms with Crippen molar-refractivity contribution in [3.63, 3.8) is 0 Å². The molecule has 1 N–H and O–H groups in total. The quantitative estimate of drug-likeness (QED) is 0.692. The molecule has 2 aromatic heterocycles. The van der Waals surface area contributed by atoms with Gasteiger partial charge in [-0.2, -0.15) is 4.98 Å². The van der Waals surface area contributed by atoms with Crippen LogP contribution in [0.2, 0.25) is 0 Å². The highest BCUT2D eigenvalue weighted by atomic mass is 32.1. The molecule has 1 aromatic carbocycles. The molecule has 154 valence electrons. The fraction of sp³-hybridized carbons (Fsp3) is 0.381. The van der Waals surface area contributed by atoms with Gasteiger partial charge in [0, 0.05) is 43.6 Å². The average Bonchev–Trinajstić information content (AvgIpc) is 3.44. The van der Waals surface area contributed by atoms with Crippen LogP contribution in [0.1, 0.15) is 35.1 Å². The third kappa shape index (κ3) is 3.19. The fourth-order valence-corrected chi connectivity index (χ4v) is 4.92. The third-order valence-electron chi connectivity index (χ3n) is 5.68. The van der Waals surface area contributed by atoms with Crippen LogP contribution in [-0.4, -0.2) is 52.3 Å². The molecule has 5 rings (SSSR count). The first-order valence-corrected chi connectivity index (χ1v) is 11.1. The summed E-state index contributed by atoms with van der Waals surface area (Å²) >= 11 is 1.59. The second-order valence-electron chi connectivity index (χ2n) is 7.49. The molecular weight excluding hydrogens is 398 g/mol. The van der Waals surface area contributed by atoms with E-state index in [2.05, 4.69) is 37.3 Å². The lowest BCUT2D eigenvalue weighted by Crippen LogP contribution is -2.39. The Morgan fingerprint density at radius 2 is 2.20 bits per heavy atom. The summed E-state index contributed by atoms with van der Waals surface area (Å²) in [5, 5.41) is 13.4. The van der Waals surface area contributed by atoms with Crippen molar-refractivity contribution in [2.75, 3.05) is 35.3 Å². The van der Waals surface area contributed by atoms with Gasteiger partial charge >= 0.3 is 0 Å². The Morgan fingerprint density at radius 1 is 1.30 bits per heavy atom. The van der Waals surface area contributed by atoms with Crippen LogP contribution in [0.25, 0.3) is 10.6 Å². The zero-order valence-corrected chi connectivity index (χ0v) is 17.8. The van der Waals surface area contributed by atoms with Gasteiger partial charge in [0.2, 0.25) is 5.95 Å². The molecule has 4 heterocycles. The van der Waals surface area contributed by atoms with Crippen molar-refractivity contribution in [3.8, 4) is 10.6 Å². The van der Waals surface area contributed by atoms with Crippen LogP contribution < -0.4 is 15.1 Å². The number of nitrogens with zero attached hydrogens (tertiary/aromatic N) is 6. The first-order chi connectivity index (χ1) is 14.7. The van der Waals surface area contributed by atoms with Gasteiger partial charge in [0.05, 0.1) is 0 Å². The number of rotatable bonds is 4. The minimum atomic E-state index is -0.0642. The van der Waals surface area contributed by atoms with Crippen LogP contribution in [0.15, 0.2) is 30.5 Å². The zero-order valence-electron chi connectivity index (χ0n) is 17.0. The van der Waals surface area contributed by atoms with Gasteiger partial charge in [-0.05, 0) is 31.4 Å². The lowest BCUT2D eigenvalue weighted by atomic mass is 10.1. The van der Waals surface area contributed by atoms with Gasteiger partial charge in [0.1, 0.15) is 21.4 Å². The standard InChI is InChI=1S/C21H23N7OS/c1-3-17-25-26-19(30-17)13-6-4-7-14(10-13)28-12-15-8-5-9-27(15)18-16(20(28)29)11-23-21(22-2)24-18/h4,6-7,10-11,15H,3,5,8-9,12H2,1-2H3,(H,22,23,24)/t15-/m0/s1. The number of amides is 1. The second-order valence-corrected chi connectivity index (χ2v) is 8.55. The van der Waals surface area contributed by atoms with Crippen LogP contribution in [0.4, 0.5) is 17.5 Å². The van der Waals surface area contributed by atoms with E-state index in [1.165, 1.54) is 0 Å². The Balaban J connectivity index is 1.56. The van der Waals surface area contributed by atoms with Crippen molar-refractivity contribution in [3.05, 3.63) is 41.0 Å². The number of benzene rings is 1. The molecule has 0 bridgehead atoms. The van der Waals surface area contributed by atoms with E-state index in [1.54, 1.807) is 24.6 Å². The number of anilines is 3. The first kappa shape index (κ1) is 18.9. The third-order valence-corrected chi connectivity index (χ3v) is 6.80. The molecule has 0 spiro atoms. The van der Waals surface area contributed by atoms with E-state index in [4.69, 9.17) is 0 Å². The highest BCUT2D eigenvalue weighted by molar-refractivity contribution is 7.14. The van der Waals surface area contributed by atoms with E-state index < -0.39 is 0 Å². The zero-order chi connectivity index (χ0) is 20.7. The normalized spacial score (nSPS) is 18.2. The number of aromatic nitrogens is 4. The SMILES string of the molecule is CCc1nnc(-c2cccc(N3C[C@@H]4CCCN4c4nc(NC)ncc4C3=O)c2)s1. The number of hydrogen-bond donors (Lipinski definition) is 1. The summed E-state index contributed by atoms with van der Waals surface area (Å²) in [6, 6.07) is 8.25. The van der Waals surface area contributed by atoms with Gasteiger partial charge in [-0.3, -0.25) is 4.79 Å². The highest BCUT2D eigenvalue weighted by Crippen LogP contribution is 2.35. The van der Waals surface area contributed by atoms with Gasteiger partial charge in [0.25, 0.3) is 5.91 Å². The monoisotopic (exact) mass is 421 g/mol. The average molecular weight is 422 g/mol. The van der Waals surface area contributed by atoms with Crippen molar-refractivity contribution in [1.82, 2.24) is 20.2 Å². The van der Waals surface area contributed by atoms with E-state index in [0.717, 1.165) is 52.9 Å². The van der Waals surface area contributed by atoms with E-state index in [-0.39, 0.29) is 11.9 Å². The number of carbonyl (C=O) groups excluding carboxylic acids is 1. The largest absolute Gasteiger partial charge is 0.357 e. The molecule has 1 fully saturated rings. The molecule has 30 heavy (non-hydrogen) atoms. The molecule has 1 atom stereocenters. The van der Waals surface area contributed by atoms with E-state index >= 15 is 0 Å². The smallest absolute Gasteiger partial charge is 0.263 e. The number of nitrogens with one attached hydrogen (secondary N) is 1. The van der Waals surface area contributed by atoms with Crippen LogP contribution in [0, 0.1) is 0 Å². The molecule has 0 radical (unpaired) electrons. The Morgan fingerprint density at radius 3 is 3.00 bits per heavy atom. The summed E-state index contributed by atoms with van der Waals surface area (Å²) in [6.45, 7) is 3.61. The fourth-order valence-electron chi connectivity index (χ4n) is 4.15. The van der Waals surface area contributed by atoms with Gasteiger partial charge < -0.3 is 15.1 Å². The summed E-state index contributed by atoms with van der Waals surface area (Å²) < 4.78 is 0. The molecule has 1 amide bonds. The lowest BCUT2D eigenvalue weighted by Gasteiger charge is -2.27. The number of aryl methyl sites for hydroxylation is 1. The number of hydrogen-bond acceptors (Lipinski definition) is 8. The molecule has 8 nitrogen and oxygen atoms in total. The molecule has 2 aliphatic rings. The summed E-state index contributed by atoms with van der Waals surface area (Å²) in [4.78, 5) is 26.6. The van der Waals surface area contributed by atoms with Gasteiger partial charge in [0.15, 0.2) is 0 Å². The summed E-state index contributed by atoms with van der Waals surface area (Å²) in [6.07, 6.45) is 4.64. The Kier molecular flexibility index (Phi) is 4.82. The summed E-state index contributed by atoms with van der Waals surface area (Å²) in [5.74, 6) is 1.20. The van der Waals surface area contributed by atoms with Crippen LogP contribution in [-0.2, 0) is 6.42 Å². The maximum Gasteiger partial charge on any atom is 0.263 e. The van der Waals surface area contributed by atoms with Crippen molar-refractivity contribution >= 4 is 34.7 Å². The number of fused-ring (bicyclic) bond motifs is 3. The molecule has 9 heteroatoms. The molecule has 0 unspecified atom stereocenters. The first-order valence-electron chi connectivity index (χ1n) is 10.2. The van der Waals surface area contributed by atoms with Crippen molar-refractivity contribution in [1.29, 1.82) is 0 Å². The molecule has 3 aromatic rings. The summed E-state index contributed by atoms with van der Waals surface area (Å²) in [7, 11) is 1.79. The molecule has 1 saturated heterocycles. The Labute approximate surface area is 179 Å². The Hall–Kier alpha value is -3.07. The van der Waals surface area contributed by atoms with E-state index in [9.17, 15) is 4.79 Å². The Bertz CT molecular complexity index is 1100. The van der Waals surface area contributed by atoms with Gasteiger partial charge in [-0.25, -0.2) is 4.98 Å². The second kappa shape index (κ2) is 7.64. The molecular formula is C21H23N7OS. The minimum absolute atomic E-state index is 0.0642. The van der Waals surface area contributed by atoms with E-state index in [1.807, 2.05) is 29.2 Å². The van der Waals surface area contributed by atoms with Gasteiger partial charge in [-0.15, -0.1) is 10.2 Å². The van der Waals surface area contributed by atoms with Crippen molar-refractivity contribution < 1.29 is 4.79 Å². The maximum atomic E-state index is 13.5. The predicted molar refractivity (Wildman–Crippen MR) is 118 cm³/mol. The molecule has 0 aliphatic carbocycles. The van der Waals surface area contributed by atoms with Crippen LogP contribution in [0.5, 0.6) is 0 Å². The van der Waals surface area contributed by atoms with Crippen LogP contribution in [0.3, 0.4) is 0 Å². The number of carbonyl (C=O) groups is 1. The highest BCUT2D eigenvalue weighted by Gasteiger charge is 2.37. The van der Waals surface area contributed by atoms with E-state index in [0.29, 0.717) is 18.1 Å². The minimum Gasteiger partial charge on any atom is -0.357 e. The topological polar surface area (TPSA) is 87.1 Å². The van der Waals surface area contributed by atoms with Crippen molar-refractivity contribution in [2.24, 2.45) is 0 Å². The predicted octanol–water partition coefficient (Wildman–Crippen LogP) is 3.23. The summed E-state index contributed by atoms with van der Waals surface area (Å²) in [5.41, 5.74) is 2.39.